The molecule has 1 saturated carbocycles. The van der Waals surface area contributed by atoms with Crippen LogP contribution in [0.1, 0.15) is 83.3 Å². The van der Waals surface area contributed by atoms with Crippen LogP contribution in [0.25, 0.3) is 0 Å². The smallest absolute Gasteiger partial charge is 0.0402 e. The van der Waals surface area contributed by atoms with E-state index in [9.17, 15) is 0 Å². The fraction of sp³-hybridized carbons (Fsp3) is 0.760. The molecule has 27 heavy (non-hydrogen) atoms. The molecule has 1 saturated heterocycles. The number of benzene rings is 1. The molecular formula is C25H42N2. The van der Waals surface area contributed by atoms with Crippen molar-refractivity contribution in [2.45, 2.75) is 79.1 Å². The Morgan fingerprint density at radius 2 is 1.63 bits per heavy atom. The van der Waals surface area contributed by atoms with E-state index < -0.39 is 0 Å². The van der Waals surface area contributed by atoms with Crippen molar-refractivity contribution in [2.24, 2.45) is 11.3 Å². The van der Waals surface area contributed by atoms with Gasteiger partial charge in [0.15, 0.2) is 0 Å². The number of anilines is 1. The molecule has 0 amide bonds. The van der Waals surface area contributed by atoms with Gasteiger partial charge in [-0.3, -0.25) is 4.90 Å². The van der Waals surface area contributed by atoms with E-state index in [1.165, 1.54) is 82.5 Å². The Kier molecular flexibility index (Phi) is 6.89. The molecule has 0 unspecified atom stereocenters. The van der Waals surface area contributed by atoms with Gasteiger partial charge in [-0.05, 0) is 74.5 Å². The summed E-state index contributed by atoms with van der Waals surface area (Å²) in [4.78, 5) is 5.33. The number of hydrogen-bond donors (Lipinski definition) is 0. The first kappa shape index (κ1) is 20.7. The van der Waals surface area contributed by atoms with Crippen LogP contribution in [0.3, 0.4) is 0 Å². The monoisotopic (exact) mass is 370 g/mol. The quantitative estimate of drug-likeness (QED) is 0.605. The summed E-state index contributed by atoms with van der Waals surface area (Å²) in [6.07, 6.45) is 8.18. The second kappa shape index (κ2) is 8.99. The average Bonchev–Trinajstić information content (AvgIpc) is 2.66. The topological polar surface area (TPSA) is 6.48 Å². The summed E-state index contributed by atoms with van der Waals surface area (Å²) < 4.78 is 0. The van der Waals surface area contributed by atoms with Crippen molar-refractivity contribution in [3.05, 3.63) is 29.3 Å². The largest absolute Gasteiger partial charge is 0.369 e. The Labute approximate surface area is 168 Å². The Hall–Kier alpha value is -1.02. The molecular weight excluding hydrogens is 328 g/mol. The normalized spacial score (nSPS) is 25.0. The van der Waals surface area contributed by atoms with Gasteiger partial charge in [0.1, 0.15) is 0 Å². The fourth-order valence-corrected chi connectivity index (χ4v) is 5.15. The lowest BCUT2D eigenvalue weighted by atomic mass is 9.68. The molecule has 0 bridgehead atoms. The maximum atomic E-state index is 2.67. The van der Waals surface area contributed by atoms with Gasteiger partial charge in [0, 0.05) is 31.9 Å². The minimum Gasteiger partial charge on any atom is -0.369 e. The second-order valence-corrected chi connectivity index (χ2v) is 10.2. The van der Waals surface area contributed by atoms with E-state index in [2.05, 4.69) is 62.6 Å². The Morgan fingerprint density at radius 1 is 0.963 bits per heavy atom. The molecule has 2 heteroatoms. The molecule has 2 fully saturated rings. The summed E-state index contributed by atoms with van der Waals surface area (Å²) >= 11 is 0. The van der Waals surface area contributed by atoms with Gasteiger partial charge in [-0.1, -0.05) is 51.8 Å². The molecule has 0 spiro atoms. The van der Waals surface area contributed by atoms with Crippen LogP contribution in [0.5, 0.6) is 0 Å². The van der Waals surface area contributed by atoms with E-state index in [0.29, 0.717) is 5.41 Å². The summed E-state index contributed by atoms with van der Waals surface area (Å²) in [5.74, 6) is 1.65. The number of unbranched alkanes of at least 4 members (excludes halogenated alkanes) is 1. The number of aryl methyl sites for hydroxylation is 1. The Morgan fingerprint density at radius 3 is 2.22 bits per heavy atom. The molecule has 0 aromatic heterocycles. The third-order valence-corrected chi connectivity index (χ3v) is 7.12. The number of piperazine rings is 1. The Balaban J connectivity index is 1.68. The predicted molar refractivity (Wildman–Crippen MR) is 119 cm³/mol. The highest BCUT2D eigenvalue weighted by molar-refractivity contribution is 5.57. The van der Waals surface area contributed by atoms with E-state index >= 15 is 0 Å². The van der Waals surface area contributed by atoms with E-state index in [0.717, 1.165) is 11.8 Å². The lowest BCUT2D eigenvalue weighted by molar-refractivity contribution is 0.169. The molecule has 2 nitrogen and oxygen atoms in total. The summed E-state index contributed by atoms with van der Waals surface area (Å²) in [7, 11) is 0. The fourth-order valence-electron chi connectivity index (χ4n) is 5.15. The van der Waals surface area contributed by atoms with Crippen molar-refractivity contribution in [2.75, 3.05) is 37.6 Å². The molecule has 3 rings (SSSR count). The minimum absolute atomic E-state index is 0.467. The van der Waals surface area contributed by atoms with E-state index in [1.54, 1.807) is 5.56 Å². The number of nitrogens with zero attached hydrogens (tertiary/aromatic N) is 2. The molecule has 1 aliphatic carbocycles. The van der Waals surface area contributed by atoms with Gasteiger partial charge in [-0.15, -0.1) is 0 Å². The minimum atomic E-state index is 0.467. The van der Waals surface area contributed by atoms with Crippen molar-refractivity contribution in [3.63, 3.8) is 0 Å². The molecule has 1 heterocycles. The van der Waals surface area contributed by atoms with Gasteiger partial charge in [0.2, 0.25) is 0 Å². The second-order valence-electron chi connectivity index (χ2n) is 10.2. The summed E-state index contributed by atoms with van der Waals surface area (Å²) in [5, 5.41) is 0. The standard InChI is InChI=1S/C25H42N2/c1-6-7-14-26-15-17-27(18-16-26)24-13-8-20(2)19-23(24)21-9-11-22(12-10-21)25(3,4)5/h8,13,19,21-22H,6-7,9-12,14-18H2,1-5H3. The first-order valence-corrected chi connectivity index (χ1v) is 11.5. The van der Waals surface area contributed by atoms with Crippen molar-refractivity contribution in [1.29, 1.82) is 0 Å². The third-order valence-electron chi connectivity index (χ3n) is 7.12. The van der Waals surface area contributed by atoms with Crippen LogP contribution in [0.15, 0.2) is 18.2 Å². The molecule has 1 aromatic carbocycles. The molecule has 1 aromatic rings. The lowest BCUT2D eigenvalue weighted by Crippen LogP contribution is -2.47. The molecule has 0 atom stereocenters. The molecule has 0 N–H and O–H groups in total. The third kappa shape index (κ3) is 5.28. The highest BCUT2D eigenvalue weighted by atomic mass is 15.3. The van der Waals surface area contributed by atoms with Gasteiger partial charge in [-0.2, -0.15) is 0 Å². The maximum absolute atomic E-state index is 2.67. The summed E-state index contributed by atoms with van der Waals surface area (Å²) in [6.45, 7) is 17.9. The first-order chi connectivity index (χ1) is 12.9. The van der Waals surface area contributed by atoms with Gasteiger partial charge in [0.25, 0.3) is 0 Å². The van der Waals surface area contributed by atoms with Crippen LogP contribution >= 0.6 is 0 Å². The molecule has 2 aliphatic rings. The average molecular weight is 371 g/mol. The van der Waals surface area contributed by atoms with Crippen molar-refractivity contribution in [3.8, 4) is 0 Å². The number of rotatable bonds is 5. The predicted octanol–water partition coefficient (Wildman–Crippen LogP) is 6.24. The highest BCUT2D eigenvalue weighted by Gasteiger charge is 2.31. The van der Waals surface area contributed by atoms with Gasteiger partial charge in [0.05, 0.1) is 0 Å². The molecule has 0 radical (unpaired) electrons. The van der Waals surface area contributed by atoms with Crippen LogP contribution in [-0.2, 0) is 0 Å². The Bertz CT molecular complexity index is 585. The first-order valence-electron chi connectivity index (χ1n) is 11.5. The van der Waals surface area contributed by atoms with Crippen LogP contribution < -0.4 is 4.90 Å². The summed E-state index contributed by atoms with van der Waals surface area (Å²) in [5.41, 5.74) is 5.07. The van der Waals surface area contributed by atoms with Crippen molar-refractivity contribution >= 4 is 5.69 Å². The molecule has 152 valence electrons. The van der Waals surface area contributed by atoms with Gasteiger partial charge in [-0.25, -0.2) is 0 Å². The SMILES string of the molecule is CCCCN1CCN(c2ccc(C)cc2C2CCC(C(C)(C)C)CC2)CC1. The maximum Gasteiger partial charge on any atom is 0.0402 e. The van der Waals surface area contributed by atoms with E-state index in [4.69, 9.17) is 0 Å². The van der Waals surface area contributed by atoms with Crippen LogP contribution in [0, 0.1) is 18.3 Å². The lowest BCUT2D eigenvalue weighted by Gasteiger charge is -2.40. The highest BCUT2D eigenvalue weighted by Crippen LogP contribution is 2.45. The van der Waals surface area contributed by atoms with Crippen molar-refractivity contribution in [1.82, 2.24) is 4.90 Å². The van der Waals surface area contributed by atoms with Gasteiger partial charge >= 0.3 is 0 Å². The van der Waals surface area contributed by atoms with Crippen LogP contribution in [0.2, 0.25) is 0 Å². The van der Waals surface area contributed by atoms with Gasteiger partial charge < -0.3 is 4.90 Å². The van der Waals surface area contributed by atoms with E-state index in [1.807, 2.05) is 0 Å². The molecule has 1 aliphatic heterocycles. The zero-order valence-electron chi connectivity index (χ0n) is 18.6. The summed E-state index contributed by atoms with van der Waals surface area (Å²) in [6, 6.07) is 7.24. The zero-order valence-corrected chi connectivity index (χ0v) is 18.6. The van der Waals surface area contributed by atoms with Crippen molar-refractivity contribution < 1.29 is 0 Å². The van der Waals surface area contributed by atoms with Crippen LogP contribution in [0.4, 0.5) is 5.69 Å². The number of hydrogen-bond acceptors (Lipinski definition) is 2. The van der Waals surface area contributed by atoms with E-state index in [-0.39, 0.29) is 0 Å². The zero-order chi connectivity index (χ0) is 19.4. The van der Waals surface area contributed by atoms with Crippen LogP contribution in [-0.4, -0.2) is 37.6 Å².